The van der Waals surface area contributed by atoms with Crippen LogP contribution in [0, 0.1) is 5.92 Å². The van der Waals surface area contributed by atoms with Crippen molar-refractivity contribution < 1.29 is 45.8 Å². The summed E-state index contributed by atoms with van der Waals surface area (Å²) >= 11 is 0.595. The lowest BCUT2D eigenvalue weighted by molar-refractivity contribution is -0.164. The van der Waals surface area contributed by atoms with Crippen LogP contribution in [0.4, 0.5) is 31.1 Å². The fourth-order valence-corrected chi connectivity index (χ4v) is 5.56. The molecule has 0 bridgehead atoms. The van der Waals surface area contributed by atoms with Crippen LogP contribution in [-0.4, -0.2) is 23.2 Å². The number of halogens is 6. The van der Waals surface area contributed by atoms with Gasteiger partial charge < -0.3 is 15.2 Å². The van der Waals surface area contributed by atoms with E-state index in [2.05, 4.69) is 5.32 Å². The first-order valence-corrected chi connectivity index (χ1v) is 12.2. The summed E-state index contributed by atoms with van der Waals surface area (Å²) in [7, 11) is 0. The Morgan fingerprint density at radius 3 is 2.22 bits per heavy atom. The summed E-state index contributed by atoms with van der Waals surface area (Å²) in [5, 5.41) is 11.4. The van der Waals surface area contributed by atoms with E-state index in [1.54, 1.807) is 24.3 Å². The van der Waals surface area contributed by atoms with E-state index in [4.69, 9.17) is 9.84 Å². The van der Waals surface area contributed by atoms with Crippen LogP contribution in [0.3, 0.4) is 0 Å². The summed E-state index contributed by atoms with van der Waals surface area (Å²) in [4.78, 5) is 22.9. The molecule has 1 aliphatic rings. The van der Waals surface area contributed by atoms with Gasteiger partial charge in [0.2, 0.25) is 0 Å². The third kappa shape index (κ3) is 7.12. The molecule has 0 spiro atoms. The maximum Gasteiger partial charge on any atom is 0.418 e. The Morgan fingerprint density at radius 2 is 1.65 bits per heavy atom. The number of hydrogen-bond acceptors (Lipinski definition) is 4. The second-order valence-corrected chi connectivity index (χ2v) is 10.1. The molecule has 0 saturated heterocycles. The van der Waals surface area contributed by atoms with E-state index in [1.807, 2.05) is 13.8 Å². The van der Waals surface area contributed by atoms with E-state index in [9.17, 15) is 35.9 Å². The van der Waals surface area contributed by atoms with Crippen molar-refractivity contribution in [1.29, 1.82) is 0 Å². The highest BCUT2D eigenvalue weighted by molar-refractivity contribution is 7.99. The second-order valence-electron chi connectivity index (χ2n) is 9.03. The fourth-order valence-electron chi connectivity index (χ4n) is 4.29. The Kier molecular flexibility index (Phi) is 8.71. The van der Waals surface area contributed by atoms with Gasteiger partial charge in [0.05, 0.1) is 17.0 Å². The van der Waals surface area contributed by atoms with E-state index in [-0.39, 0.29) is 12.3 Å². The van der Waals surface area contributed by atoms with Crippen molar-refractivity contribution in [3.8, 4) is 0 Å². The molecule has 2 N–H and O–H groups in total. The SMILES string of the molecule is CC(C)c1ccccc1Sc1ccc(COC(=O)N[C@@H]2CC[C@H](C(=O)O)C2)c(C(F)(F)F)c1C(F)(F)F. The van der Waals surface area contributed by atoms with Gasteiger partial charge in [-0.15, -0.1) is 0 Å². The van der Waals surface area contributed by atoms with Crippen molar-refractivity contribution in [2.24, 2.45) is 5.92 Å². The first-order chi connectivity index (χ1) is 17.2. The maximum absolute atomic E-state index is 14.1. The number of rotatable bonds is 7. The average Bonchev–Trinajstić information content (AvgIpc) is 3.25. The van der Waals surface area contributed by atoms with Crippen molar-refractivity contribution in [2.45, 2.75) is 73.8 Å². The number of carbonyl (C=O) groups excluding carboxylic acids is 1. The van der Waals surface area contributed by atoms with Gasteiger partial charge in [0.25, 0.3) is 0 Å². The molecule has 0 radical (unpaired) electrons. The van der Waals surface area contributed by atoms with Gasteiger partial charge in [-0.3, -0.25) is 4.79 Å². The molecular weight excluding hydrogens is 524 g/mol. The van der Waals surface area contributed by atoms with Crippen LogP contribution in [0.5, 0.6) is 0 Å². The van der Waals surface area contributed by atoms with E-state index < -0.39 is 64.6 Å². The summed E-state index contributed by atoms with van der Waals surface area (Å²) in [5.74, 6) is -1.76. The van der Waals surface area contributed by atoms with Gasteiger partial charge >= 0.3 is 24.4 Å². The molecule has 1 fully saturated rings. The first-order valence-electron chi connectivity index (χ1n) is 11.4. The van der Waals surface area contributed by atoms with Gasteiger partial charge in [-0.25, -0.2) is 4.79 Å². The lowest BCUT2D eigenvalue weighted by atomic mass is 10.00. The number of alkyl halides is 6. The van der Waals surface area contributed by atoms with Crippen molar-refractivity contribution >= 4 is 23.8 Å². The number of amides is 1. The number of nitrogens with one attached hydrogen (secondary N) is 1. The van der Waals surface area contributed by atoms with Gasteiger partial charge in [-0.2, -0.15) is 26.3 Å². The standard InChI is InChI=1S/C25H25F6NO4S/c1-13(2)17-5-3-4-6-18(17)37-19-10-8-15(20(24(26,27)28)21(19)25(29,30)31)12-36-23(35)32-16-9-7-14(11-16)22(33)34/h3-6,8,10,13-14,16H,7,9,11-12H2,1-2H3,(H,32,35)(H,33,34)/t14-,16+/m0/s1. The molecule has 37 heavy (non-hydrogen) atoms. The molecule has 0 unspecified atom stereocenters. The predicted octanol–water partition coefficient (Wildman–Crippen LogP) is 7.48. The highest BCUT2D eigenvalue weighted by Crippen LogP contribution is 2.48. The number of aliphatic carboxylic acids is 1. The largest absolute Gasteiger partial charge is 0.481 e. The molecule has 202 valence electrons. The van der Waals surface area contributed by atoms with Crippen LogP contribution >= 0.6 is 11.8 Å². The van der Waals surface area contributed by atoms with Crippen LogP contribution in [-0.2, 0) is 28.5 Å². The highest BCUT2D eigenvalue weighted by atomic mass is 32.2. The zero-order valence-corrected chi connectivity index (χ0v) is 20.7. The molecule has 0 aromatic heterocycles. The molecule has 0 heterocycles. The Bertz CT molecular complexity index is 1150. The van der Waals surface area contributed by atoms with Crippen molar-refractivity contribution in [3.05, 3.63) is 58.7 Å². The topological polar surface area (TPSA) is 75.6 Å². The van der Waals surface area contributed by atoms with Gasteiger partial charge in [0.15, 0.2) is 0 Å². The van der Waals surface area contributed by atoms with Crippen LogP contribution in [0.25, 0.3) is 0 Å². The second kappa shape index (κ2) is 11.2. The molecule has 1 aliphatic carbocycles. The lowest BCUT2D eigenvalue weighted by Crippen LogP contribution is -2.34. The minimum absolute atomic E-state index is 0.0723. The Balaban J connectivity index is 1.90. The lowest BCUT2D eigenvalue weighted by Gasteiger charge is -2.23. The van der Waals surface area contributed by atoms with Crippen LogP contribution in [0.1, 0.15) is 61.3 Å². The zero-order valence-electron chi connectivity index (χ0n) is 19.9. The molecule has 2 atom stereocenters. The number of carbonyl (C=O) groups is 2. The summed E-state index contributed by atoms with van der Waals surface area (Å²) < 4.78 is 89.1. The Hall–Kier alpha value is -2.89. The molecule has 2 aromatic carbocycles. The van der Waals surface area contributed by atoms with Gasteiger partial charge in [0, 0.05) is 21.4 Å². The summed E-state index contributed by atoms with van der Waals surface area (Å²) in [6.07, 6.45) is -11.1. The summed E-state index contributed by atoms with van der Waals surface area (Å²) in [6.45, 7) is 2.60. The average molecular weight is 550 g/mol. The van der Waals surface area contributed by atoms with Crippen molar-refractivity contribution in [2.75, 3.05) is 0 Å². The molecule has 5 nitrogen and oxygen atoms in total. The Labute approximate surface area is 213 Å². The van der Waals surface area contributed by atoms with E-state index >= 15 is 0 Å². The van der Waals surface area contributed by atoms with Crippen LogP contribution < -0.4 is 5.32 Å². The van der Waals surface area contributed by atoms with E-state index in [1.165, 1.54) is 0 Å². The number of benzene rings is 2. The van der Waals surface area contributed by atoms with E-state index in [0.717, 1.165) is 12.1 Å². The maximum atomic E-state index is 14.1. The van der Waals surface area contributed by atoms with Gasteiger partial charge in [0.1, 0.15) is 6.61 Å². The van der Waals surface area contributed by atoms with Crippen LogP contribution in [0.15, 0.2) is 46.2 Å². The number of alkyl carbamates (subject to hydrolysis) is 1. The molecular formula is C25H25F6NO4S. The zero-order chi connectivity index (χ0) is 27.5. The van der Waals surface area contributed by atoms with Crippen molar-refractivity contribution in [1.82, 2.24) is 5.32 Å². The molecule has 2 aromatic rings. The molecule has 12 heteroatoms. The highest BCUT2D eigenvalue weighted by Gasteiger charge is 2.47. The normalized spacial score (nSPS) is 18.2. The minimum Gasteiger partial charge on any atom is -0.481 e. The molecule has 1 amide bonds. The van der Waals surface area contributed by atoms with Gasteiger partial charge in [-0.1, -0.05) is 49.9 Å². The minimum atomic E-state index is -5.38. The van der Waals surface area contributed by atoms with Crippen molar-refractivity contribution in [3.63, 3.8) is 0 Å². The fraction of sp³-hybridized carbons (Fsp3) is 0.440. The summed E-state index contributed by atoms with van der Waals surface area (Å²) in [5.41, 5.74) is -3.90. The quantitative estimate of drug-likeness (QED) is 0.350. The third-order valence-electron chi connectivity index (χ3n) is 6.04. The number of hydrogen-bond donors (Lipinski definition) is 2. The monoisotopic (exact) mass is 549 g/mol. The molecule has 0 aliphatic heterocycles. The number of ether oxygens (including phenoxy) is 1. The molecule has 3 rings (SSSR count). The third-order valence-corrected chi connectivity index (χ3v) is 7.20. The predicted molar refractivity (Wildman–Crippen MR) is 123 cm³/mol. The van der Waals surface area contributed by atoms with Gasteiger partial charge in [-0.05, 0) is 42.9 Å². The number of carboxylic acids is 1. The van der Waals surface area contributed by atoms with Crippen LogP contribution in [0.2, 0.25) is 0 Å². The van der Waals surface area contributed by atoms with E-state index in [0.29, 0.717) is 35.1 Å². The first kappa shape index (κ1) is 28.7. The Morgan fingerprint density at radius 1 is 1.00 bits per heavy atom. The smallest absolute Gasteiger partial charge is 0.418 e. The summed E-state index contributed by atoms with van der Waals surface area (Å²) in [6, 6.07) is 7.81. The molecule has 1 saturated carbocycles. The number of carboxylic acid groups (broad SMARTS) is 1.